The number of aliphatic carboxylic acids is 1. The fourth-order valence-electron chi connectivity index (χ4n) is 2.64. The van der Waals surface area contributed by atoms with Gasteiger partial charge >= 0.3 is 5.97 Å². The summed E-state index contributed by atoms with van der Waals surface area (Å²) in [5.74, 6) is -2.13. The van der Waals surface area contributed by atoms with Gasteiger partial charge in [0.15, 0.2) is 0 Å². The summed E-state index contributed by atoms with van der Waals surface area (Å²) in [5, 5.41) is 9.09. The molecule has 3 nitrogen and oxygen atoms in total. The van der Waals surface area contributed by atoms with E-state index in [1.165, 1.54) is 12.1 Å². The number of carbonyl (C=O) groups is 1. The molecule has 1 heterocycles. The quantitative estimate of drug-likeness (QED) is 0.913. The maximum Gasteiger partial charge on any atom is 0.320 e. The van der Waals surface area contributed by atoms with E-state index in [1.807, 2.05) is 11.8 Å². The molecule has 1 aromatic carbocycles. The van der Waals surface area contributed by atoms with Gasteiger partial charge in [0.25, 0.3) is 0 Å². The van der Waals surface area contributed by atoms with Gasteiger partial charge in [-0.25, -0.2) is 8.78 Å². The first-order valence-electron chi connectivity index (χ1n) is 6.40. The molecule has 0 amide bonds. The van der Waals surface area contributed by atoms with Gasteiger partial charge in [0.2, 0.25) is 0 Å². The zero-order valence-corrected chi connectivity index (χ0v) is 10.8. The van der Waals surface area contributed by atoms with Crippen molar-refractivity contribution in [2.24, 2.45) is 0 Å². The third-order valence-corrected chi connectivity index (χ3v) is 3.61. The molecule has 5 heteroatoms. The molecule has 0 aliphatic carbocycles. The lowest BCUT2D eigenvalue weighted by atomic mass is 10.00. The van der Waals surface area contributed by atoms with Crippen LogP contribution in [0.25, 0.3) is 0 Å². The summed E-state index contributed by atoms with van der Waals surface area (Å²) in [6.07, 6.45) is 1.49. The highest BCUT2D eigenvalue weighted by molar-refractivity contribution is 5.73. The number of halogens is 2. The summed E-state index contributed by atoms with van der Waals surface area (Å²) in [6.45, 7) is 3.07. The van der Waals surface area contributed by atoms with Crippen LogP contribution in [0.3, 0.4) is 0 Å². The molecule has 2 rings (SSSR count). The van der Waals surface area contributed by atoms with E-state index in [1.54, 1.807) is 0 Å². The summed E-state index contributed by atoms with van der Waals surface area (Å²) in [7, 11) is 0. The molecule has 0 aromatic heterocycles. The lowest BCUT2D eigenvalue weighted by Crippen LogP contribution is -2.38. The Morgan fingerprint density at radius 1 is 1.42 bits per heavy atom. The molecule has 0 bridgehead atoms. The van der Waals surface area contributed by atoms with Crippen LogP contribution in [0, 0.1) is 11.6 Å². The minimum absolute atomic E-state index is 0.106. The number of carboxylic acids is 1. The standard InChI is InChI=1S/C14H17F2NO2/c1-9(10-5-11(15)7-12(16)6-10)8-17-4-2-3-13(17)14(18)19/h5-7,9,13H,2-4,8H2,1H3,(H,18,19)/t9?,13-/m0/s1. The Hall–Kier alpha value is -1.49. The average molecular weight is 269 g/mol. The number of carboxylic acid groups (broad SMARTS) is 1. The predicted molar refractivity (Wildman–Crippen MR) is 67.0 cm³/mol. The van der Waals surface area contributed by atoms with Crippen LogP contribution >= 0.6 is 0 Å². The van der Waals surface area contributed by atoms with E-state index < -0.39 is 23.6 Å². The van der Waals surface area contributed by atoms with Crippen molar-refractivity contribution in [1.82, 2.24) is 4.90 Å². The lowest BCUT2D eigenvalue weighted by Gasteiger charge is -2.25. The van der Waals surface area contributed by atoms with E-state index in [9.17, 15) is 13.6 Å². The first-order valence-corrected chi connectivity index (χ1v) is 6.40. The zero-order valence-electron chi connectivity index (χ0n) is 10.8. The van der Waals surface area contributed by atoms with Gasteiger partial charge in [-0.15, -0.1) is 0 Å². The molecule has 2 atom stereocenters. The monoisotopic (exact) mass is 269 g/mol. The van der Waals surface area contributed by atoms with Crippen LogP contribution in [-0.4, -0.2) is 35.1 Å². The highest BCUT2D eigenvalue weighted by atomic mass is 19.1. The van der Waals surface area contributed by atoms with Crippen molar-refractivity contribution in [3.8, 4) is 0 Å². The fourth-order valence-corrected chi connectivity index (χ4v) is 2.64. The van der Waals surface area contributed by atoms with E-state index >= 15 is 0 Å². The minimum atomic E-state index is -0.824. The van der Waals surface area contributed by atoms with Gasteiger partial charge < -0.3 is 5.11 Å². The third-order valence-electron chi connectivity index (χ3n) is 3.61. The Morgan fingerprint density at radius 2 is 2.05 bits per heavy atom. The van der Waals surface area contributed by atoms with Gasteiger partial charge in [-0.1, -0.05) is 6.92 Å². The number of hydrogen-bond donors (Lipinski definition) is 1. The molecule has 1 unspecified atom stereocenters. The van der Waals surface area contributed by atoms with E-state index in [0.29, 0.717) is 18.5 Å². The summed E-state index contributed by atoms with van der Waals surface area (Å²) in [6, 6.07) is 2.98. The molecule has 19 heavy (non-hydrogen) atoms. The number of nitrogens with zero attached hydrogens (tertiary/aromatic N) is 1. The maximum atomic E-state index is 13.2. The first-order chi connectivity index (χ1) is 8.97. The van der Waals surface area contributed by atoms with E-state index in [2.05, 4.69) is 0 Å². The topological polar surface area (TPSA) is 40.5 Å². The molecule has 1 aliphatic heterocycles. The summed E-state index contributed by atoms with van der Waals surface area (Å²) < 4.78 is 26.3. The summed E-state index contributed by atoms with van der Waals surface area (Å²) in [4.78, 5) is 12.9. The second-order valence-corrected chi connectivity index (χ2v) is 5.10. The number of hydrogen-bond acceptors (Lipinski definition) is 2. The van der Waals surface area contributed by atoms with E-state index in [-0.39, 0.29) is 5.92 Å². The molecule has 0 radical (unpaired) electrons. The highest BCUT2D eigenvalue weighted by Gasteiger charge is 2.31. The van der Waals surface area contributed by atoms with Gasteiger partial charge in [0.05, 0.1) is 0 Å². The third kappa shape index (κ3) is 3.29. The SMILES string of the molecule is CC(CN1CCC[C@H]1C(=O)O)c1cc(F)cc(F)c1. The zero-order chi connectivity index (χ0) is 14.0. The van der Waals surface area contributed by atoms with Crippen molar-refractivity contribution in [2.45, 2.75) is 31.7 Å². The van der Waals surface area contributed by atoms with Crippen molar-refractivity contribution in [2.75, 3.05) is 13.1 Å². The average Bonchev–Trinajstić information content (AvgIpc) is 2.75. The molecule has 1 saturated heterocycles. The van der Waals surface area contributed by atoms with E-state index in [0.717, 1.165) is 19.0 Å². The van der Waals surface area contributed by atoms with Crippen molar-refractivity contribution < 1.29 is 18.7 Å². The summed E-state index contributed by atoms with van der Waals surface area (Å²) >= 11 is 0. The first kappa shape index (κ1) is 13.9. The number of rotatable bonds is 4. The van der Waals surface area contributed by atoms with Crippen LogP contribution in [0.15, 0.2) is 18.2 Å². The number of likely N-dealkylation sites (tertiary alicyclic amines) is 1. The normalized spacial score (nSPS) is 21.5. The molecule has 1 aliphatic rings. The van der Waals surface area contributed by atoms with Crippen molar-refractivity contribution in [1.29, 1.82) is 0 Å². The van der Waals surface area contributed by atoms with Crippen LogP contribution in [0.2, 0.25) is 0 Å². The second kappa shape index (κ2) is 5.65. The Balaban J connectivity index is 2.08. The smallest absolute Gasteiger partial charge is 0.320 e. The predicted octanol–water partition coefficient (Wildman–Crippen LogP) is 2.62. The van der Waals surface area contributed by atoms with Gasteiger partial charge in [0, 0.05) is 12.6 Å². The van der Waals surface area contributed by atoms with Crippen LogP contribution in [0.4, 0.5) is 8.78 Å². The summed E-state index contributed by atoms with van der Waals surface area (Å²) in [5.41, 5.74) is 0.563. The van der Waals surface area contributed by atoms with Gasteiger partial charge in [0.1, 0.15) is 17.7 Å². The maximum absolute atomic E-state index is 13.2. The molecular weight excluding hydrogens is 252 g/mol. The minimum Gasteiger partial charge on any atom is -0.480 e. The molecule has 0 spiro atoms. The Kier molecular flexibility index (Phi) is 4.14. The van der Waals surface area contributed by atoms with Crippen LogP contribution in [0.5, 0.6) is 0 Å². The molecule has 0 saturated carbocycles. The largest absolute Gasteiger partial charge is 0.480 e. The Labute approximate surface area is 110 Å². The van der Waals surface area contributed by atoms with Gasteiger partial charge in [-0.05, 0) is 43.0 Å². The van der Waals surface area contributed by atoms with Crippen molar-refractivity contribution in [3.05, 3.63) is 35.4 Å². The van der Waals surface area contributed by atoms with Gasteiger partial charge in [-0.2, -0.15) is 0 Å². The Bertz CT molecular complexity index is 458. The molecular formula is C14H17F2NO2. The highest BCUT2D eigenvalue weighted by Crippen LogP contribution is 2.24. The van der Waals surface area contributed by atoms with Crippen molar-refractivity contribution in [3.63, 3.8) is 0 Å². The van der Waals surface area contributed by atoms with Gasteiger partial charge in [-0.3, -0.25) is 9.69 Å². The fraction of sp³-hybridized carbons (Fsp3) is 0.500. The second-order valence-electron chi connectivity index (χ2n) is 5.10. The molecule has 1 aromatic rings. The molecule has 1 N–H and O–H groups in total. The van der Waals surface area contributed by atoms with Crippen molar-refractivity contribution >= 4 is 5.97 Å². The molecule has 1 fully saturated rings. The van der Waals surface area contributed by atoms with Crippen LogP contribution < -0.4 is 0 Å². The van der Waals surface area contributed by atoms with Crippen LogP contribution in [-0.2, 0) is 4.79 Å². The van der Waals surface area contributed by atoms with Crippen LogP contribution in [0.1, 0.15) is 31.2 Å². The molecule has 104 valence electrons. The van der Waals surface area contributed by atoms with E-state index in [4.69, 9.17) is 5.11 Å². The number of benzene rings is 1. The lowest BCUT2D eigenvalue weighted by molar-refractivity contribution is -0.142. The Morgan fingerprint density at radius 3 is 2.63 bits per heavy atom.